The molecule has 0 bridgehead atoms. The zero-order valence-electron chi connectivity index (χ0n) is 8.43. The maximum atomic E-state index is 11.5. The molecule has 0 radical (unpaired) electrons. The van der Waals surface area contributed by atoms with Crippen LogP contribution in [-0.2, 0) is 0 Å². The molecule has 0 saturated heterocycles. The van der Waals surface area contributed by atoms with Crippen molar-refractivity contribution in [1.29, 1.82) is 0 Å². The van der Waals surface area contributed by atoms with Crippen molar-refractivity contribution in [3.63, 3.8) is 0 Å². The van der Waals surface area contributed by atoms with E-state index in [1.807, 2.05) is 6.07 Å². The van der Waals surface area contributed by atoms with E-state index in [1.54, 1.807) is 37.2 Å². The number of nitrogens with zero attached hydrogens (tertiary/aromatic N) is 2. The molecule has 1 aromatic heterocycles. The summed E-state index contributed by atoms with van der Waals surface area (Å²) in [4.78, 5) is 17.3. The van der Waals surface area contributed by atoms with E-state index in [9.17, 15) is 4.79 Å². The van der Waals surface area contributed by atoms with Crippen LogP contribution in [0.2, 0.25) is 0 Å². The van der Waals surface area contributed by atoms with Gasteiger partial charge in [0.2, 0.25) is 0 Å². The van der Waals surface area contributed by atoms with Crippen LogP contribution in [0.3, 0.4) is 0 Å². The largest absolute Gasteiger partial charge is 0.389 e. The van der Waals surface area contributed by atoms with Crippen molar-refractivity contribution in [2.75, 3.05) is 19.0 Å². The molecular formula is C10H11ClN2O2. The third-order valence-electron chi connectivity index (χ3n) is 1.91. The third kappa shape index (κ3) is 2.10. The zero-order chi connectivity index (χ0) is 10.1. The molecule has 0 aliphatic carbocycles. The lowest BCUT2D eigenvalue weighted by atomic mass is 10.2. The number of hydrogen-bond acceptors (Lipinski definition) is 4. The van der Waals surface area contributed by atoms with Gasteiger partial charge in [0.05, 0.1) is 10.9 Å². The van der Waals surface area contributed by atoms with Gasteiger partial charge < -0.3 is 9.32 Å². The van der Waals surface area contributed by atoms with Gasteiger partial charge in [0.25, 0.3) is 6.01 Å². The van der Waals surface area contributed by atoms with Crippen molar-refractivity contribution >= 4 is 29.3 Å². The second-order valence-corrected chi connectivity index (χ2v) is 3.20. The second-order valence-electron chi connectivity index (χ2n) is 3.20. The molecule has 0 atom stereocenters. The highest BCUT2D eigenvalue weighted by molar-refractivity contribution is 5.85. The van der Waals surface area contributed by atoms with Gasteiger partial charge in [0, 0.05) is 14.1 Å². The first kappa shape index (κ1) is 11.5. The van der Waals surface area contributed by atoms with Crippen molar-refractivity contribution < 1.29 is 4.42 Å². The summed E-state index contributed by atoms with van der Waals surface area (Å²) in [6, 6.07) is 7.45. The molecule has 0 spiro atoms. The van der Waals surface area contributed by atoms with Gasteiger partial charge in [-0.25, -0.2) is 4.79 Å². The Morgan fingerprint density at radius 2 is 1.93 bits per heavy atom. The topological polar surface area (TPSA) is 46.3 Å². The lowest BCUT2D eigenvalue weighted by molar-refractivity contribution is 0.503. The van der Waals surface area contributed by atoms with Crippen LogP contribution in [0.1, 0.15) is 0 Å². The predicted molar refractivity (Wildman–Crippen MR) is 61.9 cm³/mol. The summed E-state index contributed by atoms with van der Waals surface area (Å²) in [5, 5.41) is 0.512. The summed E-state index contributed by atoms with van der Waals surface area (Å²) in [5.74, 6) is 0. The van der Waals surface area contributed by atoms with E-state index >= 15 is 0 Å². The van der Waals surface area contributed by atoms with Crippen molar-refractivity contribution in [3.05, 3.63) is 34.7 Å². The van der Waals surface area contributed by atoms with E-state index in [0.29, 0.717) is 16.9 Å². The Kier molecular flexibility index (Phi) is 3.31. The Bertz CT molecular complexity index is 522. The van der Waals surface area contributed by atoms with E-state index in [0.717, 1.165) is 0 Å². The van der Waals surface area contributed by atoms with Crippen LogP contribution < -0.4 is 10.5 Å². The molecule has 0 aliphatic rings. The van der Waals surface area contributed by atoms with Gasteiger partial charge in [0.1, 0.15) is 0 Å². The minimum Gasteiger partial charge on any atom is -0.389 e. The Hall–Kier alpha value is -1.55. The highest BCUT2D eigenvalue weighted by Crippen LogP contribution is 2.11. The first-order chi connectivity index (χ1) is 6.68. The molecule has 0 N–H and O–H groups in total. The van der Waals surface area contributed by atoms with Crippen LogP contribution in [0.4, 0.5) is 6.01 Å². The quantitative estimate of drug-likeness (QED) is 0.742. The van der Waals surface area contributed by atoms with E-state index in [1.165, 1.54) is 0 Å². The summed E-state index contributed by atoms with van der Waals surface area (Å²) in [6.45, 7) is 0. The SMILES string of the molecule is CN(C)c1nc2ccccc2c(=O)o1.Cl. The number of rotatable bonds is 1. The molecule has 4 nitrogen and oxygen atoms in total. The monoisotopic (exact) mass is 226 g/mol. The van der Waals surface area contributed by atoms with E-state index in [2.05, 4.69) is 4.98 Å². The van der Waals surface area contributed by atoms with Crippen LogP contribution in [0.25, 0.3) is 10.9 Å². The fourth-order valence-corrected chi connectivity index (χ4v) is 1.20. The molecule has 15 heavy (non-hydrogen) atoms. The number of benzene rings is 1. The van der Waals surface area contributed by atoms with Crippen LogP contribution in [0.5, 0.6) is 0 Å². The van der Waals surface area contributed by atoms with Gasteiger partial charge in [-0.05, 0) is 12.1 Å². The maximum Gasteiger partial charge on any atom is 0.348 e. The Labute approximate surface area is 92.9 Å². The van der Waals surface area contributed by atoms with Crippen LogP contribution in [0, 0.1) is 0 Å². The maximum absolute atomic E-state index is 11.5. The molecule has 5 heteroatoms. The van der Waals surface area contributed by atoms with Gasteiger partial charge in [-0.15, -0.1) is 12.4 Å². The molecular weight excluding hydrogens is 216 g/mol. The average Bonchev–Trinajstić information content (AvgIpc) is 2.17. The predicted octanol–water partition coefficient (Wildman–Crippen LogP) is 1.68. The Morgan fingerprint density at radius 1 is 1.27 bits per heavy atom. The Morgan fingerprint density at radius 3 is 2.60 bits per heavy atom. The van der Waals surface area contributed by atoms with Crippen molar-refractivity contribution in [2.45, 2.75) is 0 Å². The van der Waals surface area contributed by atoms with Crippen molar-refractivity contribution in [3.8, 4) is 0 Å². The molecule has 0 unspecified atom stereocenters. The molecule has 1 heterocycles. The van der Waals surface area contributed by atoms with Crippen molar-refractivity contribution in [2.24, 2.45) is 0 Å². The summed E-state index contributed by atoms with van der Waals surface area (Å²) < 4.78 is 5.01. The first-order valence-corrected chi connectivity index (χ1v) is 4.25. The smallest absolute Gasteiger partial charge is 0.348 e. The highest BCUT2D eigenvalue weighted by Gasteiger charge is 2.05. The fraction of sp³-hybridized carbons (Fsp3) is 0.200. The standard InChI is InChI=1S/C10H10N2O2.ClH/c1-12(2)10-11-8-6-4-3-5-7(8)9(13)14-10;/h3-6H,1-2H3;1H. The van der Waals surface area contributed by atoms with E-state index in [4.69, 9.17) is 4.42 Å². The number of aromatic nitrogens is 1. The summed E-state index contributed by atoms with van der Waals surface area (Å²) >= 11 is 0. The minimum atomic E-state index is -0.348. The van der Waals surface area contributed by atoms with Crippen LogP contribution in [-0.4, -0.2) is 19.1 Å². The van der Waals surface area contributed by atoms with Gasteiger partial charge in [0.15, 0.2) is 0 Å². The lowest BCUT2D eigenvalue weighted by Gasteiger charge is -2.08. The second kappa shape index (κ2) is 4.31. The van der Waals surface area contributed by atoms with Gasteiger partial charge in [-0.3, -0.25) is 0 Å². The average molecular weight is 227 g/mol. The molecule has 2 rings (SSSR count). The third-order valence-corrected chi connectivity index (χ3v) is 1.91. The summed E-state index contributed by atoms with van der Waals surface area (Å²) in [6.07, 6.45) is 0. The normalized spacial score (nSPS) is 9.73. The Balaban J connectivity index is 0.00000112. The number of para-hydroxylation sites is 1. The van der Waals surface area contributed by atoms with Crippen LogP contribution in [0.15, 0.2) is 33.5 Å². The fourth-order valence-electron chi connectivity index (χ4n) is 1.20. The number of hydrogen-bond donors (Lipinski definition) is 0. The number of halogens is 1. The number of anilines is 1. The van der Waals surface area contributed by atoms with Gasteiger partial charge in [-0.1, -0.05) is 12.1 Å². The van der Waals surface area contributed by atoms with E-state index < -0.39 is 0 Å². The van der Waals surface area contributed by atoms with Crippen molar-refractivity contribution in [1.82, 2.24) is 4.98 Å². The molecule has 0 saturated carbocycles. The summed E-state index contributed by atoms with van der Waals surface area (Å²) in [7, 11) is 3.56. The molecule has 80 valence electrons. The minimum absolute atomic E-state index is 0. The summed E-state index contributed by atoms with van der Waals surface area (Å²) in [5.41, 5.74) is 0.312. The molecule has 0 fully saturated rings. The van der Waals surface area contributed by atoms with Gasteiger partial charge >= 0.3 is 5.63 Å². The molecule has 1 aromatic carbocycles. The zero-order valence-corrected chi connectivity index (χ0v) is 9.25. The molecule has 0 aliphatic heterocycles. The lowest BCUT2D eigenvalue weighted by Crippen LogP contribution is -2.14. The highest BCUT2D eigenvalue weighted by atomic mass is 35.5. The molecule has 2 aromatic rings. The van der Waals surface area contributed by atoms with Gasteiger partial charge in [-0.2, -0.15) is 4.98 Å². The first-order valence-electron chi connectivity index (χ1n) is 4.25. The van der Waals surface area contributed by atoms with Crippen LogP contribution >= 0.6 is 12.4 Å². The van der Waals surface area contributed by atoms with E-state index in [-0.39, 0.29) is 18.0 Å². The number of fused-ring (bicyclic) bond motifs is 1. The molecule has 0 amide bonds.